The Morgan fingerprint density at radius 1 is 1.19 bits per heavy atom. The molecule has 0 spiro atoms. The van der Waals surface area contributed by atoms with Gasteiger partial charge in [0.2, 0.25) is 5.91 Å². The van der Waals surface area contributed by atoms with Crippen molar-refractivity contribution in [3.8, 4) is 0 Å². The molecule has 3 N–H and O–H groups in total. The average Bonchev–Trinajstić information content (AvgIpc) is 3.21. The van der Waals surface area contributed by atoms with Gasteiger partial charge < -0.3 is 15.8 Å². The minimum absolute atomic E-state index is 0.142. The van der Waals surface area contributed by atoms with Crippen molar-refractivity contribution in [3.05, 3.63) is 0 Å². The summed E-state index contributed by atoms with van der Waals surface area (Å²) in [7, 11) is 0. The summed E-state index contributed by atoms with van der Waals surface area (Å²) in [4.78, 5) is 14.6. The van der Waals surface area contributed by atoms with Gasteiger partial charge in [-0.2, -0.15) is 0 Å². The van der Waals surface area contributed by atoms with Crippen molar-refractivity contribution in [1.29, 1.82) is 0 Å². The quantitative estimate of drug-likeness (QED) is 0.353. The highest BCUT2D eigenvalue weighted by Gasteiger charge is 2.41. The van der Waals surface area contributed by atoms with Gasteiger partial charge in [0, 0.05) is 12.5 Å². The Hall–Kier alpha value is -1.26. The van der Waals surface area contributed by atoms with Crippen LogP contribution < -0.4 is 5.73 Å². The highest BCUT2D eigenvalue weighted by atomic mass is 16.4. The molecule has 3 saturated carbocycles. The van der Waals surface area contributed by atoms with Crippen LogP contribution in [-0.4, -0.2) is 34.4 Å². The Morgan fingerprint density at radius 2 is 1.95 bits per heavy atom. The molecule has 5 heteroatoms. The molecule has 2 bridgehead atoms. The molecule has 21 heavy (non-hydrogen) atoms. The van der Waals surface area contributed by atoms with Crippen molar-refractivity contribution in [3.63, 3.8) is 0 Å². The zero-order valence-electron chi connectivity index (χ0n) is 12.7. The Labute approximate surface area is 126 Å². The lowest BCUT2D eigenvalue weighted by Gasteiger charge is -2.31. The minimum Gasteiger partial charge on any atom is -0.409 e. The lowest BCUT2D eigenvalue weighted by atomic mass is 9.86. The SMILES string of the molecule is NC(CN(C(=O)CC1CC2CCC1C2)C1CCCC1)=NO. The van der Waals surface area contributed by atoms with E-state index in [1.54, 1.807) is 0 Å². The van der Waals surface area contributed by atoms with Gasteiger partial charge in [-0.15, -0.1) is 0 Å². The van der Waals surface area contributed by atoms with Crippen molar-refractivity contribution in [2.45, 2.75) is 63.8 Å². The van der Waals surface area contributed by atoms with Crippen LogP contribution in [0.25, 0.3) is 0 Å². The third-order valence-electron chi connectivity index (χ3n) is 5.87. The molecule has 5 nitrogen and oxygen atoms in total. The minimum atomic E-state index is 0.142. The van der Waals surface area contributed by atoms with E-state index in [0.29, 0.717) is 12.3 Å². The molecule has 1 amide bonds. The summed E-state index contributed by atoms with van der Waals surface area (Å²) >= 11 is 0. The van der Waals surface area contributed by atoms with Crippen LogP contribution in [0, 0.1) is 17.8 Å². The number of amidine groups is 1. The summed E-state index contributed by atoms with van der Waals surface area (Å²) in [5, 5.41) is 11.9. The molecule has 0 aliphatic heterocycles. The smallest absolute Gasteiger partial charge is 0.223 e. The summed E-state index contributed by atoms with van der Waals surface area (Å²) in [6.45, 7) is 0.279. The number of nitrogens with two attached hydrogens (primary N) is 1. The zero-order valence-corrected chi connectivity index (χ0v) is 12.7. The monoisotopic (exact) mass is 293 g/mol. The number of fused-ring (bicyclic) bond motifs is 2. The van der Waals surface area contributed by atoms with Gasteiger partial charge >= 0.3 is 0 Å². The number of rotatable bonds is 5. The highest BCUT2D eigenvalue weighted by Crippen LogP contribution is 2.49. The number of oxime groups is 1. The van der Waals surface area contributed by atoms with Crippen molar-refractivity contribution in [2.75, 3.05) is 6.54 Å². The van der Waals surface area contributed by atoms with Crippen molar-refractivity contribution >= 4 is 11.7 Å². The van der Waals surface area contributed by atoms with Crippen LogP contribution in [0.2, 0.25) is 0 Å². The van der Waals surface area contributed by atoms with E-state index in [2.05, 4.69) is 5.16 Å². The molecular weight excluding hydrogens is 266 g/mol. The predicted molar refractivity (Wildman–Crippen MR) is 80.9 cm³/mol. The third-order valence-corrected chi connectivity index (χ3v) is 5.87. The molecule has 3 rings (SSSR count). The van der Waals surface area contributed by atoms with E-state index in [1.807, 2.05) is 4.90 Å². The maximum atomic E-state index is 12.7. The van der Waals surface area contributed by atoms with E-state index in [0.717, 1.165) is 24.7 Å². The first-order chi connectivity index (χ1) is 10.2. The molecule has 0 radical (unpaired) electrons. The van der Waals surface area contributed by atoms with Gasteiger partial charge in [0.25, 0.3) is 0 Å². The number of hydrogen-bond acceptors (Lipinski definition) is 3. The number of amides is 1. The molecular formula is C16H27N3O2. The lowest BCUT2D eigenvalue weighted by Crippen LogP contribution is -2.45. The van der Waals surface area contributed by atoms with E-state index in [4.69, 9.17) is 10.9 Å². The molecule has 0 aromatic heterocycles. The van der Waals surface area contributed by atoms with Crippen LogP contribution in [0.1, 0.15) is 57.8 Å². The van der Waals surface area contributed by atoms with Gasteiger partial charge in [-0.1, -0.05) is 24.4 Å². The van der Waals surface area contributed by atoms with Crippen molar-refractivity contribution in [1.82, 2.24) is 4.90 Å². The molecule has 3 unspecified atom stereocenters. The number of nitrogens with zero attached hydrogens (tertiary/aromatic N) is 2. The Balaban J connectivity index is 1.62. The molecule has 118 valence electrons. The van der Waals surface area contributed by atoms with E-state index < -0.39 is 0 Å². The molecule has 0 aromatic rings. The molecule has 0 saturated heterocycles. The van der Waals surface area contributed by atoms with Gasteiger partial charge in [0.15, 0.2) is 5.84 Å². The summed E-state index contributed by atoms with van der Waals surface area (Å²) in [6, 6.07) is 0.288. The molecule has 3 fully saturated rings. The standard InChI is InChI=1S/C16H27N3O2/c17-15(18-21)10-19(14-3-1-2-4-14)16(20)9-13-8-11-5-6-12(13)7-11/h11-14,21H,1-10H2,(H2,17,18). The normalized spacial score (nSPS) is 32.8. The Kier molecular flexibility index (Phi) is 4.36. The van der Waals surface area contributed by atoms with Crippen molar-refractivity contribution in [2.24, 2.45) is 28.6 Å². The van der Waals surface area contributed by atoms with Gasteiger partial charge in [-0.25, -0.2) is 0 Å². The van der Waals surface area contributed by atoms with Crippen molar-refractivity contribution < 1.29 is 10.0 Å². The molecule has 0 heterocycles. The first-order valence-corrected chi connectivity index (χ1v) is 8.43. The first-order valence-electron chi connectivity index (χ1n) is 8.43. The third kappa shape index (κ3) is 3.16. The van der Waals surface area contributed by atoms with E-state index in [-0.39, 0.29) is 24.3 Å². The summed E-state index contributed by atoms with van der Waals surface area (Å²) in [5.41, 5.74) is 5.65. The molecule has 3 aliphatic rings. The summed E-state index contributed by atoms with van der Waals surface area (Å²) in [6.07, 6.45) is 10.4. The van der Waals surface area contributed by atoms with Crippen LogP contribution in [0.3, 0.4) is 0 Å². The maximum Gasteiger partial charge on any atom is 0.223 e. The predicted octanol–water partition coefficient (Wildman–Crippen LogP) is 2.33. The van der Waals surface area contributed by atoms with Crippen LogP contribution in [0.4, 0.5) is 0 Å². The lowest BCUT2D eigenvalue weighted by molar-refractivity contribution is -0.134. The summed E-state index contributed by atoms with van der Waals surface area (Å²) < 4.78 is 0. The first kappa shape index (κ1) is 14.7. The second-order valence-corrected chi connectivity index (χ2v) is 7.19. The average molecular weight is 293 g/mol. The number of hydrogen-bond donors (Lipinski definition) is 2. The topological polar surface area (TPSA) is 78.9 Å². The molecule has 3 atom stereocenters. The maximum absolute atomic E-state index is 12.7. The Bertz CT molecular complexity index is 418. The van der Waals surface area contributed by atoms with Crippen LogP contribution in [-0.2, 0) is 4.79 Å². The van der Waals surface area contributed by atoms with Crippen LogP contribution in [0.15, 0.2) is 5.16 Å². The second kappa shape index (κ2) is 6.24. The fourth-order valence-electron chi connectivity index (χ4n) is 4.81. The van der Waals surface area contributed by atoms with Gasteiger partial charge in [-0.05, 0) is 49.9 Å². The zero-order chi connectivity index (χ0) is 14.8. The second-order valence-electron chi connectivity index (χ2n) is 7.19. The highest BCUT2D eigenvalue weighted by molar-refractivity contribution is 5.87. The van der Waals surface area contributed by atoms with Crippen LogP contribution >= 0.6 is 0 Å². The Morgan fingerprint density at radius 3 is 2.52 bits per heavy atom. The largest absolute Gasteiger partial charge is 0.409 e. The summed E-state index contributed by atoms with van der Waals surface area (Å²) in [5.74, 6) is 2.58. The molecule has 0 aromatic carbocycles. The molecule has 3 aliphatic carbocycles. The van der Waals surface area contributed by atoms with Crippen LogP contribution in [0.5, 0.6) is 0 Å². The fraction of sp³-hybridized carbons (Fsp3) is 0.875. The van der Waals surface area contributed by atoms with E-state index in [1.165, 1.54) is 38.5 Å². The fourth-order valence-corrected chi connectivity index (χ4v) is 4.81. The number of carbonyl (C=O) groups is 1. The number of carbonyl (C=O) groups excluding carboxylic acids is 1. The van der Waals surface area contributed by atoms with Gasteiger partial charge in [0.05, 0.1) is 6.54 Å². The van der Waals surface area contributed by atoms with E-state index in [9.17, 15) is 4.79 Å². The van der Waals surface area contributed by atoms with Gasteiger partial charge in [-0.3, -0.25) is 4.79 Å². The van der Waals surface area contributed by atoms with E-state index >= 15 is 0 Å². The van der Waals surface area contributed by atoms with Gasteiger partial charge in [0.1, 0.15) is 0 Å².